The van der Waals surface area contributed by atoms with Gasteiger partial charge in [-0.2, -0.15) is 0 Å². The van der Waals surface area contributed by atoms with Crippen LogP contribution in [0.1, 0.15) is 36.7 Å². The van der Waals surface area contributed by atoms with Crippen molar-refractivity contribution < 1.29 is 4.74 Å². The van der Waals surface area contributed by atoms with Crippen LogP contribution in [0.4, 0.5) is 0 Å². The normalized spacial score (nSPS) is 13.4. The Kier molecular flexibility index (Phi) is 3.34. The van der Waals surface area contributed by atoms with Crippen molar-refractivity contribution in [3.05, 3.63) is 39.8 Å². The molecule has 20 heavy (non-hydrogen) atoms. The molecule has 1 aliphatic rings. The number of ether oxygens (including phenoxy) is 1. The van der Waals surface area contributed by atoms with Crippen molar-refractivity contribution in [1.29, 1.82) is 0 Å². The van der Waals surface area contributed by atoms with E-state index in [-0.39, 0.29) is 0 Å². The van der Waals surface area contributed by atoms with Crippen LogP contribution in [0.15, 0.2) is 18.2 Å². The molecule has 0 spiro atoms. The Morgan fingerprint density at radius 1 is 1.35 bits per heavy atom. The van der Waals surface area contributed by atoms with Gasteiger partial charge in [0, 0.05) is 23.5 Å². The van der Waals surface area contributed by atoms with Crippen LogP contribution in [0.3, 0.4) is 0 Å². The van der Waals surface area contributed by atoms with E-state index in [0.29, 0.717) is 10.6 Å². The number of aromatic nitrogens is 2. The molecule has 1 N–H and O–H groups in total. The monoisotopic (exact) mass is 286 g/mol. The minimum Gasteiger partial charge on any atom is -0.492 e. The predicted octanol–water partition coefficient (Wildman–Crippen LogP) is 4.17. The van der Waals surface area contributed by atoms with E-state index in [1.54, 1.807) is 0 Å². The van der Waals surface area contributed by atoms with Gasteiger partial charge in [0.25, 0.3) is 0 Å². The Morgan fingerprint density at radius 2 is 2.15 bits per heavy atom. The molecule has 2 heterocycles. The first kappa shape index (κ1) is 13.3. The van der Waals surface area contributed by atoms with Gasteiger partial charge < -0.3 is 9.72 Å². The van der Waals surface area contributed by atoms with Crippen LogP contribution in [-0.4, -0.2) is 16.6 Å². The van der Waals surface area contributed by atoms with Crippen LogP contribution in [0.5, 0.6) is 5.75 Å². The van der Waals surface area contributed by atoms with Gasteiger partial charge in [-0.25, -0.2) is 4.98 Å². The van der Waals surface area contributed by atoms with Crippen molar-refractivity contribution in [2.24, 2.45) is 0 Å². The molecular weight excluding hydrogens is 268 g/mol. The smallest absolute Gasteiger partial charge is 0.133 e. The largest absolute Gasteiger partial charge is 0.492 e. The highest BCUT2D eigenvalue weighted by atomic mass is 32.1. The fourth-order valence-electron chi connectivity index (χ4n) is 2.50. The molecular formula is C16H18N2OS. The number of nitrogens with zero attached hydrogens (tertiary/aromatic N) is 1. The topological polar surface area (TPSA) is 37.9 Å². The van der Waals surface area contributed by atoms with Gasteiger partial charge in [0.05, 0.1) is 12.3 Å². The maximum absolute atomic E-state index is 5.80. The average Bonchev–Trinajstić information content (AvgIpc) is 2.89. The van der Waals surface area contributed by atoms with E-state index < -0.39 is 0 Å². The van der Waals surface area contributed by atoms with Crippen molar-refractivity contribution in [1.82, 2.24) is 9.97 Å². The first-order valence-corrected chi connectivity index (χ1v) is 7.34. The third-order valence-corrected chi connectivity index (χ3v) is 4.10. The number of H-pyrrole nitrogens is 1. The van der Waals surface area contributed by atoms with Gasteiger partial charge in [-0.1, -0.05) is 38.2 Å². The second-order valence-electron chi connectivity index (χ2n) is 5.47. The molecule has 0 aliphatic carbocycles. The Balaban J connectivity index is 2.25. The highest BCUT2D eigenvalue weighted by molar-refractivity contribution is 7.71. The summed E-state index contributed by atoms with van der Waals surface area (Å²) < 4.78 is 6.47. The zero-order chi connectivity index (χ0) is 14.3. The number of fused-ring (bicyclic) bond motifs is 1. The van der Waals surface area contributed by atoms with Gasteiger partial charge in [0.1, 0.15) is 16.2 Å². The van der Waals surface area contributed by atoms with Crippen LogP contribution in [-0.2, 0) is 6.42 Å². The fourth-order valence-corrected chi connectivity index (χ4v) is 2.71. The van der Waals surface area contributed by atoms with E-state index >= 15 is 0 Å². The highest BCUT2D eigenvalue weighted by Crippen LogP contribution is 2.37. The second kappa shape index (κ2) is 5.02. The minimum atomic E-state index is 0.314. The first-order chi connectivity index (χ1) is 9.58. The molecule has 2 aromatic rings. The summed E-state index contributed by atoms with van der Waals surface area (Å²) in [7, 11) is 0. The number of hydrogen-bond donors (Lipinski definition) is 1. The van der Waals surface area contributed by atoms with Crippen molar-refractivity contribution in [3.8, 4) is 17.0 Å². The molecule has 0 saturated carbocycles. The van der Waals surface area contributed by atoms with E-state index in [0.717, 1.165) is 41.4 Å². The number of para-hydroxylation sites is 1. The average molecular weight is 286 g/mol. The lowest BCUT2D eigenvalue weighted by Crippen LogP contribution is -2.03. The van der Waals surface area contributed by atoms with Gasteiger partial charge in [0.2, 0.25) is 0 Å². The molecule has 0 amide bonds. The quantitative estimate of drug-likeness (QED) is 0.842. The number of hydrogen-bond acceptors (Lipinski definition) is 3. The molecule has 0 radical (unpaired) electrons. The number of aromatic amines is 1. The molecule has 4 heteroatoms. The second-order valence-corrected chi connectivity index (χ2v) is 5.86. The molecule has 1 aromatic heterocycles. The standard InChI is InChI=1S/C16H18N2OS/c1-9(2)15-17-13(10(3)16(20)18-15)12-6-4-5-11-7-8-19-14(11)12/h4-6,9H,7-8H2,1-3H3,(H,17,18,20). The molecule has 0 fully saturated rings. The zero-order valence-corrected chi connectivity index (χ0v) is 12.8. The maximum Gasteiger partial charge on any atom is 0.133 e. The van der Waals surface area contributed by atoms with Crippen molar-refractivity contribution >= 4 is 12.2 Å². The maximum atomic E-state index is 5.80. The molecule has 3 rings (SSSR count). The van der Waals surface area contributed by atoms with Crippen LogP contribution in [0.2, 0.25) is 0 Å². The molecule has 0 bridgehead atoms. The van der Waals surface area contributed by atoms with Gasteiger partial charge in [-0.05, 0) is 18.6 Å². The third kappa shape index (κ3) is 2.14. The summed E-state index contributed by atoms with van der Waals surface area (Å²) >= 11 is 5.40. The SMILES string of the molecule is Cc1c(-c2cccc3c2OCC3)[nH]c(C(C)C)nc1=S. The minimum absolute atomic E-state index is 0.314. The number of benzene rings is 1. The van der Waals surface area contributed by atoms with Gasteiger partial charge in [-0.3, -0.25) is 0 Å². The van der Waals surface area contributed by atoms with Crippen molar-refractivity contribution in [2.75, 3.05) is 6.61 Å². The number of rotatable bonds is 2. The Morgan fingerprint density at radius 3 is 2.90 bits per heavy atom. The van der Waals surface area contributed by atoms with Gasteiger partial charge >= 0.3 is 0 Å². The molecule has 0 atom stereocenters. The van der Waals surface area contributed by atoms with E-state index in [4.69, 9.17) is 17.0 Å². The van der Waals surface area contributed by atoms with Crippen LogP contribution >= 0.6 is 12.2 Å². The molecule has 1 aliphatic heterocycles. The summed E-state index contributed by atoms with van der Waals surface area (Å²) in [5.41, 5.74) is 4.40. The zero-order valence-electron chi connectivity index (χ0n) is 12.0. The lowest BCUT2D eigenvalue weighted by Gasteiger charge is -2.14. The number of nitrogens with one attached hydrogen (secondary N) is 1. The lowest BCUT2D eigenvalue weighted by atomic mass is 10.0. The Hall–Kier alpha value is -1.68. The molecule has 3 nitrogen and oxygen atoms in total. The molecule has 104 valence electrons. The predicted molar refractivity (Wildman–Crippen MR) is 82.9 cm³/mol. The Labute approximate surface area is 124 Å². The molecule has 0 saturated heterocycles. The van der Waals surface area contributed by atoms with Crippen LogP contribution in [0.25, 0.3) is 11.3 Å². The van der Waals surface area contributed by atoms with Crippen LogP contribution < -0.4 is 4.74 Å². The summed E-state index contributed by atoms with van der Waals surface area (Å²) in [4.78, 5) is 7.91. The van der Waals surface area contributed by atoms with Crippen LogP contribution in [0, 0.1) is 11.6 Å². The van der Waals surface area contributed by atoms with Crippen molar-refractivity contribution in [2.45, 2.75) is 33.1 Å². The summed E-state index contributed by atoms with van der Waals surface area (Å²) in [5, 5.41) is 0. The first-order valence-electron chi connectivity index (χ1n) is 6.94. The summed E-state index contributed by atoms with van der Waals surface area (Å²) in [6.07, 6.45) is 0.977. The Bertz CT molecular complexity index is 719. The summed E-state index contributed by atoms with van der Waals surface area (Å²) in [6.45, 7) is 6.99. The van der Waals surface area contributed by atoms with E-state index in [1.165, 1.54) is 5.56 Å². The van der Waals surface area contributed by atoms with Gasteiger partial charge in [-0.15, -0.1) is 0 Å². The fraction of sp³-hybridized carbons (Fsp3) is 0.375. The summed E-state index contributed by atoms with van der Waals surface area (Å²) in [5.74, 6) is 2.22. The van der Waals surface area contributed by atoms with E-state index in [2.05, 4.69) is 42.0 Å². The third-order valence-electron chi connectivity index (χ3n) is 3.70. The lowest BCUT2D eigenvalue weighted by molar-refractivity contribution is 0.358. The summed E-state index contributed by atoms with van der Waals surface area (Å²) in [6, 6.07) is 6.29. The molecule has 0 unspecified atom stereocenters. The van der Waals surface area contributed by atoms with Crippen molar-refractivity contribution in [3.63, 3.8) is 0 Å². The van der Waals surface area contributed by atoms with E-state index in [9.17, 15) is 0 Å². The molecule has 1 aromatic carbocycles. The van der Waals surface area contributed by atoms with E-state index in [1.807, 2.05) is 6.92 Å². The highest BCUT2D eigenvalue weighted by Gasteiger charge is 2.19. The van der Waals surface area contributed by atoms with Gasteiger partial charge in [0.15, 0.2) is 0 Å².